The van der Waals surface area contributed by atoms with E-state index in [1.54, 1.807) is 0 Å². The topological polar surface area (TPSA) is 79.8 Å². The maximum Gasteiger partial charge on any atom is 0.249 e. The quantitative estimate of drug-likeness (QED) is 0.645. The summed E-state index contributed by atoms with van der Waals surface area (Å²) in [5.41, 5.74) is 5.68. The van der Waals surface area contributed by atoms with Gasteiger partial charge in [-0.25, -0.2) is 4.99 Å². The van der Waals surface area contributed by atoms with Crippen LogP contribution >= 0.6 is 0 Å². The molecule has 1 amide bonds. The van der Waals surface area contributed by atoms with Crippen molar-refractivity contribution < 1.29 is 4.79 Å². The average molecular weight is 208 g/mol. The van der Waals surface area contributed by atoms with Crippen LogP contribution < -0.4 is 11.1 Å². The van der Waals surface area contributed by atoms with E-state index in [1.165, 1.54) is 25.6 Å². The van der Waals surface area contributed by atoms with Crippen molar-refractivity contribution in [1.82, 2.24) is 5.32 Å². The predicted molar refractivity (Wildman–Crippen MR) is 58.9 cm³/mol. The fourth-order valence-electron chi connectivity index (χ4n) is 1.96. The zero-order valence-electron chi connectivity index (χ0n) is 8.65. The number of aliphatic imine (C=N–C) groups is 2. The van der Waals surface area contributed by atoms with Crippen molar-refractivity contribution in [3.05, 3.63) is 0 Å². The molecule has 0 spiro atoms. The fourth-order valence-corrected chi connectivity index (χ4v) is 1.96. The second kappa shape index (κ2) is 4.53. The second-order valence-corrected chi connectivity index (χ2v) is 4.02. The molecule has 0 bridgehead atoms. The minimum atomic E-state index is -0.697. The van der Waals surface area contributed by atoms with Crippen molar-refractivity contribution >= 4 is 18.1 Å². The van der Waals surface area contributed by atoms with Crippen molar-refractivity contribution in [2.75, 3.05) is 0 Å². The number of nitrogens with two attached hydrogens (primary N) is 1. The molecule has 2 aliphatic rings. The van der Waals surface area contributed by atoms with Crippen LogP contribution in [0.25, 0.3) is 0 Å². The highest BCUT2D eigenvalue weighted by molar-refractivity contribution is 6.15. The smallest absolute Gasteiger partial charge is 0.249 e. The number of carbonyl (C=O) groups is 1. The second-order valence-electron chi connectivity index (χ2n) is 4.02. The lowest BCUT2D eigenvalue weighted by atomic mass is 9.96. The fraction of sp³-hybridized carbons (Fsp3) is 0.700. The first-order valence-corrected chi connectivity index (χ1v) is 5.43. The van der Waals surface area contributed by atoms with Gasteiger partial charge in [-0.3, -0.25) is 9.79 Å². The summed E-state index contributed by atoms with van der Waals surface area (Å²) in [6, 6.07) is -0.389. The van der Waals surface area contributed by atoms with E-state index >= 15 is 0 Å². The Morgan fingerprint density at radius 2 is 2.13 bits per heavy atom. The molecule has 5 nitrogen and oxygen atoms in total. The van der Waals surface area contributed by atoms with Crippen molar-refractivity contribution in [1.29, 1.82) is 0 Å². The van der Waals surface area contributed by atoms with Gasteiger partial charge in [-0.05, 0) is 12.8 Å². The van der Waals surface area contributed by atoms with Crippen LogP contribution in [-0.2, 0) is 4.79 Å². The lowest BCUT2D eigenvalue weighted by Gasteiger charge is -2.21. The minimum absolute atomic E-state index is 0.223. The number of carbonyl (C=O) groups excluding carboxylic acids is 1. The lowest BCUT2D eigenvalue weighted by molar-refractivity contribution is -0.119. The van der Waals surface area contributed by atoms with E-state index in [0.717, 1.165) is 12.8 Å². The Hall–Kier alpha value is -1.23. The van der Waals surface area contributed by atoms with Gasteiger partial charge in [0.15, 0.2) is 5.84 Å². The maximum atomic E-state index is 11.2. The number of amides is 1. The zero-order chi connectivity index (χ0) is 10.7. The third-order valence-electron chi connectivity index (χ3n) is 2.85. The molecule has 0 radical (unpaired) electrons. The SMILES string of the molecule is NC1C(=O)NC=NC1=NC1CCCCC1. The molecule has 5 heteroatoms. The summed E-state index contributed by atoms with van der Waals surface area (Å²) in [6.45, 7) is 0. The summed E-state index contributed by atoms with van der Waals surface area (Å²) < 4.78 is 0. The van der Waals surface area contributed by atoms with Crippen molar-refractivity contribution in [2.45, 2.75) is 44.2 Å². The van der Waals surface area contributed by atoms with Gasteiger partial charge in [0.1, 0.15) is 6.04 Å². The highest BCUT2D eigenvalue weighted by Gasteiger charge is 2.23. The first kappa shape index (κ1) is 10.3. The number of nitrogens with one attached hydrogen (secondary N) is 1. The molecule has 3 N–H and O–H groups in total. The van der Waals surface area contributed by atoms with E-state index in [-0.39, 0.29) is 5.91 Å². The third-order valence-corrected chi connectivity index (χ3v) is 2.85. The highest BCUT2D eigenvalue weighted by Crippen LogP contribution is 2.20. The Kier molecular flexibility index (Phi) is 3.11. The molecular weight excluding hydrogens is 192 g/mol. The Labute approximate surface area is 88.9 Å². The summed E-state index contributed by atoms with van der Waals surface area (Å²) in [5.74, 6) is 0.255. The van der Waals surface area contributed by atoms with E-state index in [9.17, 15) is 4.79 Å². The minimum Gasteiger partial charge on any atom is -0.315 e. The number of rotatable bonds is 1. The molecule has 1 atom stereocenters. The largest absolute Gasteiger partial charge is 0.315 e. The van der Waals surface area contributed by atoms with Crippen molar-refractivity contribution in [3.63, 3.8) is 0 Å². The van der Waals surface area contributed by atoms with Crippen molar-refractivity contribution in [2.24, 2.45) is 15.7 Å². The normalized spacial score (nSPS) is 30.6. The number of hydrogen-bond donors (Lipinski definition) is 2. The molecule has 2 rings (SSSR count). The molecule has 15 heavy (non-hydrogen) atoms. The van der Waals surface area contributed by atoms with Gasteiger partial charge < -0.3 is 11.1 Å². The van der Waals surface area contributed by atoms with Gasteiger partial charge in [0.05, 0.1) is 12.4 Å². The molecule has 0 aromatic carbocycles. The summed E-state index contributed by atoms with van der Waals surface area (Å²) in [5, 5.41) is 2.46. The monoisotopic (exact) mass is 208 g/mol. The van der Waals surface area contributed by atoms with Gasteiger partial charge in [0.2, 0.25) is 5.91 Å². The van der Waals surface area contributed by atoms with Crippen LogP contribution in [0.15, 0.2) is 9.98 Å². The van der Waals surface area contributed by atoms with Gasteiger partial charge in [-0.1, -0.05) is 19.3 Å². The average Bonchev–Trinajstić information content (AvgIpc) is 2.26. The molecule has 0 aromatic heterocycles. The molecule has 1 aliphatic heterocycles. The summed E-state index contributed by atoms with van der Waals surface area (Å²) in [6.07, 6.45) is 7.27. The van der Waals surface area contributed by atoms with E-state index in [2.05, 4.69) is 15.3 Å². The van der Waals surface area contributed by atoms with E-state index in [4.69, 9.17) is 5.73 Å². The van der Waals surface area contributed by atoms with Gasteiger partial charge in [0, 0.05) is 0 Å². The highest BCUT2D eigenvalue weighted by atomic mass is 16.2. The molecule has 1 aliphatic carbocycles. The van der Waals surface area contributed by atoms with Crippen LogP contribution in [0, 0.1) is 0 Å². The number of nitrogens with zero attached hydrogens (tertiary/aromatic N) is 2. The Bertz CT molecular complexity index is 305. The van der Waals surface area contributed by atoms with Crippen LogP contribution in [0.2, 0.25) is 0 Å². The Balaban J connectivity index is 2.07. The van der Waals surface area contributed by atoms with Crippen molar-refractivity contribution in [3.8, 4) is 0 Å². The first-order valence-electron chi connectivity index (χ1n) is 5.43. The lowest BCUT2D eigenvalue weighted by Crippen LogP contribution is -2.49. The third kappa shape index (κ3) is 2.41. The van der Waals surface area contributed by atoms with Crippen LogP contribution in [0.4, 0.5) is 0 Å². The van der Waals surface area contributed by atoms with E-state index in [0.29, 0.717) is 11.9 Å². The zero-order valence-corrected chi connectivity index (χ0v) is 8.65. The molecule has 0 saturated heterocycles. The van der Waals surface area contributed by atoms with Gasteiger partial charge >= 0.3 is 0 Å². The number of hydrogen-bond acceptors (Lipinski definition) is 3. The molecule has 1 unspecified atom stereocenters. The maximum absolute atomic E-state index is 11.2. The molecule has 0 aromatic rings. The number of amidine groups is 1. The van der Waals surface area contributed by atoms with Crippen LogP contribution in [0.5, 0.6) is 0 Å². The summed E-state index contributed by atoms with van der Waals surface area (Å²) in [4.78, 5) is 19.7. The molecule has 1 fully saturated rings. The molecule has 1 heterocycles. The van der Waals surface area contributed by atoms with E-state index < -0.39 is 6.04 Å². The summed E-state index contributed by atoms with van der Waals surface area (Å²) >= 11 is 0. The van der Waals surface area contributed by atoms with Crippen LogP contribution in [0.1, 0.15) is 32.1 Å². The van der Waals surface area contributed by atoms with Gasteiger partial charge in [0.25, 0.3) is 0 Å². The Morgan fingerprint density at radius 1 is 1.40 bits per heavy atom. The molecular formula is C10H16N4O. The summed E-state index contributed by atoms with van der Waals surface area (Å²) in [7, 11) is 0. The standard InChI is InChI=1S/C10H16N4O/c11-8-9(12-6-13-10(8)15)14-7-4-2-1-3-5-7/h6-8H,1-5,11H2,(H,12,13,14,15). The van der Waals surface area contributed by atoms with Crippen LogP contribution in [-0.4, -0.2) is 30.2 Å². The predicted octanol–water partition coefficient (Wildman–Crippen LogP) is 0.203. The Morgan fingerprint density at radius 3 is 2.87 bits per heavy atom. The van der Waals surface area contributed by atoms with Crippen LogP contribution in [0.3, 0.4) is 0 Å². The van der Waals surface area contributed by atoms with E-state index in [1.807, 2.05) is 0 Å². The van der Waals surface area contributed by atoms with Gasteiger partial charge in [-0.15, -0.1) is 0 Å². The molecule has 82 valence electrons. The molecule has 1 saturated carbocycles. The van der Waals surface area contributed by atoms with Gasteiger partial charge in [-0.2, -0.15) is 0 Å². The first-order chi connectivity index (χ1) is 7.27.